The predicted molar refractivity (Wildman–Crippen MR) is 64.3 cm³/mol. The van der Waals surface area contributed by atoms with Gasteiger partial charge in [0.25, 0.3) is 5.91 Å². The minimum atomic E-state index is 0.0530. The van der Waals surface area contributed by atoms with Gasteiger partial charge in [-0.05, 0) is 28.9 Å². The van der Waals surface area contributed by atoms with Crippen LogP contribution >= 0.6 is 15.9 Å². The van der Waals surface area contributed by atoms with Gasteiger partial charge >= 0.3 is 0 Å². The molecule has 0 aromatic carbocycles. The first kappa shape index (κ1) is 11.7. The number of rotatable bonds is 3. The van der Waals surface area contributed by atoms with E-state index < -0.39 is 0 Å². The lowest BCUT2D eigenvalue weighted by molar-refractivity contribution is 0.0352. The molecule has 16 heavy (non-hydrogen) atoms. The third-order valence-electron chi connectivity index (χ3n) is 2.93. The van der Waals surface area contributed by atoms with E-state index in [1.54, 1.807) is 4.90 Å². The molecule has 88 valence electrons. The Morgan fingerprint density at radius 3 is 2.88 bits per heavy atom. The molecule has 0 saturated carbocycles. The van der Waals surface area contributed by atoms with Gasteiger partial charge in [-0.15, -0.1) is 0 Å². The standard InChI is InChI=1S/C11H15BrN2O2/c1-2-13-6-9(12)3-10(13)11(16)14-4-8(5-14)7-15/h3,6,8,15H,2,4-5,7H2,1H3. The topological polar surface area (TPSA) is 45.5 Å². The molecular formula is C11H15BrN2O2. The molecule has 0 atom stereocenters. The summed E-state index contributed by atoms with van der Waals surface area (Å²) in [5, 5.41) is 8.91. The molecule has 1 saturated heterocycles. The number of amides is 1. The molecule has 1 aromatic rings. The minimum Gasteiger partial charge on any atom is -0.396 e. The Balaban J connectivity index is 2.09. The highest BCUT2D eigenvalue weighted by Gasteiger charge is 2.31. The maximum Gasteiger partial charge on any atom is 0.270 e. The molecule has 5 heteroatoms. The van der Waals surface area contributed by atoms with Crippen LogP contribution in [0, 0.1) is 5.92 Å². The van der Waals surface area contributed by atoms with Crippen LogP contribution in [0.4, 0.5) is 0 Å². The van der Waals surface area contributed by atoms with Crippen molar-refractivity contribution in [3.05, 3.63) is 22.4 Å². The van der Waals surface area contributed by atoms with E-state index in [1.807, 2.05) is 23.8 Å². The van der Waals surface area contributed by atoms with Gasteiger partial charge in [-0.3, -0.25) is 4.79 Å². The fourth-order valence-corrected chi connectivity index (χ4v) is 2.39. The number of aliphatic hydroxyl groups is 1. The molecule has 1 fully saturated rings. The first-order valence-corrected chi connectivity index (χ1v) is 6.20. The maximum atomic E-state index is 12.1. The number of aliphatic hydroxyl groups excluding tert-OH is 1. The van der Waals surface area contributed by atoms with Gasteiger partial charge in [0.05, 0.1) is 0 Å². The number of hydrogen-bond donors (Lipinski definition) is 1. The predicted octanol–water partition coefficient (Wildman–Crippen LogP) is 1.33. The molecule has 1 aliphatic rings. The highest BCUT2D eigenvalue weighted by Crippen LogP contribution is 2.21. The number of aromatic nitrogens is 1. The van der Waals surface area contributed by atoms with Gasteiger partial charge in [0, 0.05) is 42.8 Å². The normalized spacial score (nSPS) is 16.3. The van der Waals surface area contributed by atoms with Crippen LogP contribution in [0.1, 0.15) is 17.4 Å². The fraction of sp³-hybridized carbons (Fsp3) is 0.545. The zero-order valence-electron chi connectivity index (χ0n) is 9.19. The van der Waals surface area contributed by atoms with E-state index in [0.717, 1.165) is 11.0 Å². The van der Waals surface area contributed by atoms with Crippen molar-refractivity contribution in [1.29, 1.82) is 0 Å². The average Bonchev–Trinajstić information content (AvgIpc) is 2.57. The van der Waals surface area contributed by atoms with Crippen molar-refractivity contribution in [2.24, 2.45) is 5.92 Å². The van der Waals surface area contributed by atoms with Crippen molar-refractivity contribution in [2.75, 3.05) is 19.7 Å². The van der Waals surface area contributed by atoms with E-state index in [1.165, 1.54) is 0 Å². The molecule has 1 amide bonds. The van der Waals surface area contributed by atoms with E-state index in [2.05, 4.69) is 15.9 Å². The second kappa shape index (κ2) is 4.59. The Bertz CT molecular complexity index is 397. The van der Waals surface area contributed by atoms with Crippen LogP contribution in [0.25, 0.3) is 0 Å². The highest BCUT2D eigenvalue weighted by molar-refractivity contribution is 9.10. The van der Waals surface area contributed by atoms with Gasteiger partial charge in [0.15, 0.2) is 0 Å². The maximum absolute atomic E-state index is 12.1. The van der Waals surface area contributed by atoms with E-state index in [9.17, 15) is 4.79 Å². The van der Waals surface area contributed by atoms with Gasteiger partial charge < -0.3 is 14.6 Å². The largest absolute Gasteiger partial charge is 0.396 e. The van der Waals surface area contributed by atoms with E-state index in [-0.39, 0.29) is 18.4 Å². The highest BCUT2D eigenvalue weighted by atomic mass is 79.9. The zero-order chi connectivity index (χ0) is 11.7. The summed E-state index contributed by atoms with van der Waals surface area (Å²) in [6.45, 7) is 4.30. The Kier molecular flexibility index (Phi) is 3.35. The Morgan fingerprint density at radius 1 is 1.62 bits per heavy atom. The van der Waals surface area contributed by atoms with Gasteiger partial charge in [-0.25, -0.2) is 0 Å². The van der Waals surface area contributed by atoms with Crippen LogP contribution in [-0.4, -0.2) is 40.2 Å². The average molecular weight is 287 g/mol. The van der Waals surface area contributed by atoms with Crippen LogP contribution in [0.2, 0.25) is 0 Å². The molecule has 0 aliphatic carbocycles. The van der Waals surface area contributed by atoms with Crippen molar-refractivity contribution in [3.8, 4) is 0 Å². The molecule has 1 aromatic heterocycles. The summed E-state index contributed by atoms with van der Waals surface area (Å²) in [6, 6.07) is 1.85. The van der Waals surface area contributed by atoms with Gasteiger partial charge in [-0.1, -0.05) is 0 Å². The molecule has 0 radical (unpaired) electrons. The summed E-state index contributed by atoms with van der Waals surface area (Å²) in [5.41, 5.74) is 0.714. The Labute approximate surface area is 103 Å². The number of carbonyl (C=O) groups excluding carboxylic acids is 1. The van der Waals surface area contributed by atoms with Gasteiger partial charge in [0.2, 0.25) is 0 Å². The van der Waals surface area contributed by atoms with E-state index in [0.29, 0.717) is 18.8 Å². The van der Waals surface area contributed by atoms with E-state index in [4.69, 9.17) is 5.11 Å². The summed E-state index contributed by atoms with van der Waals surface area (Å²) in [5.74, 6) is 0.315. The smallest absolute Gasteiger partial charge is 0.270 e. The number of aryl methyl sites for hydroxylation is 1. The van der Waals surface area contributed by atoms with Crippen molar-refractivity contribution in [1.82, 2.24) is 9.47 Å². The summed E-state index contributed by atoms with van der Waals surface area (Å²) in [4.78, 5) is 13.9. The summed E-state index contributed by atoms with van der Waals surface area (Å²) < 4.78 is 2.86. The van der Waals surface area contributed by atoms with Crippen molar-refractivity contribution in [2.45, 2.75) is 13.5 Å². The lowest BCUT2D eigenvalue weighted by atomic mass is 10.0. The van der Waals surface area contributed by atoms with Crippen molar-refractivity contribution < 1.29 is 9.90 Å². The first-order chi connectivity index (χ1) is 7.65. The van der Waals surface area contributed by atoms with Gasteiger partial charge in [-0.2, -0.15) is 0 Å². The second-order valence-corrected chi connectivity index (χ2v) is 5.00. The molecule has 2 rings (SSSR count). The lowest BCUT2D eigenvalue weighted by Crippen LogP contribution is -2.51. The minimum absolute atomic E-state index is 0.0530. The number of halogens is 1. The SMILES string of the molecule is CCn1cc(Br)cc1C(=O)N1CC(CO)C1. The third-order valence-corrected chi connectivity index (χ3v) is 3.36. The molecule has 1 N–H and O–H groups in total. The van der Waals surface area contributed by atoms with Gasteiger partial charge in [0.1, 0.15) is 5.69 Å². The number of hydrogen-bond acceptors (Lipinski definition) is 2. The molecule has 1 aliphatic heterocycles. The number of likely N-dealkylation sites (tertiary alicyclic amines) is 1. The quantitative estimate of drug-likeness (QED) is 0.911. The number of nitrogens with zero attached hydrogens (tertiary/aromatic N) is 2. The summed E-state index contributed by atoms with van der Waals surface area (Å²) in [7, 11) is 0. The first-order valence-electron chi connectivity index (χ1n) is 5.41. The molecule has 2 heterocycles. The number of carbonyl (C=O) groups is 1. The Hall–Kier alpha value is -0.810. The van der Waals surface area contributed by atoms with Crippen molar-refractivity contribution in [3.63, 3.8) is 0 Å². The van der Waals surface area contributed by atoms with Crippen LogP contribution < -0.4 is 0 Å². The molecule has 0 bridgehead atoms. The summed E-state index contributed by atoms with van der Waals surface area (Å²) >= 11 is 3.38. The fourth-order valence-electron chi connectivity index (χ4n) is 1.93. The van der Waals surface area contributed by atoms with Crippen LogP contribution in [0.3, 0.4) is 0 Å². The second-order valence-electron chi connectivity index (χ2n) is 4.09. The third kappa shape index (κ3) is 2.01. The molecule has 4 nitrogen and oxygen atoms in total. The summed E-state index contributed by atoms with van der Waals surface area (Å²) in [6.07, 6.45) is 1.91. The Morgan fingerprint density at radius 2 is 2.31 bits per heavy atom. The molecule has 0 spiro atoms. The lowest BCUT2D eigenvalue weighted by Gasteiger charge is -2.38. The zero-order valence-corrected chi connectivity index (χ0v) is 10.8. The van der Waals surface area contributed by atoms with E-state index >= 15 is 0 Å². The van der Waals surface area contributed by atoms with Crippen LogP contribution in [-0.2, 0) is 6.54 Å². The van der Waals surface area contributed by atoms with Crippen LogP contribution in [0.15, 0.2) is 16.7 Å². The van der Waals surface area contributed by atoms with Crippen LogP contribution in [0.5, 0.6) is 0 Å². The molecular weight excluding hydrogens is 272 g/mol. The molecule has 0 unspecified atom stereocenters. The monoisotopic (exact) mass is 286 g/mol. The van der Waals surface area contributed by atoms with Crippen molar-refractivity contribution >= 4 is 21.8 Å².